The van der Waals surface area contributed by atoms with E-state index >= 15 is 0 Å². The fourth-order valence-corrected chi connectivity index (χ4v) is 2.39. The number of benzene rings is 1. The number of sulfone groups is 1. The van der Waals surface area contributed by atoms with E-state index in [4.69, 9.17) is 0 Å². The van der Waals surface area contributed by atoms with Crippen LogP contribution < -0.4 is 10.6 Å². The topological polar surface area (TPSA) is 118 Å². The predicted molar refractivity (Wildman–Crippen MR) is 79.3 cm³/mol. The van der Waals surface area contributed by atoms with Gasteiger partial charge in [-0.25, -0.2) is 8.42 Å². The highest BCUT2D eigenvalue weighted by Gasteiger charge is 2.23. The third-order valence-corrected chi connectivity index (χ3v) is 4.58. The summed E-state index contributed by atoms with van der Waals surface area (Å²) in [6.07, 6.45) is 0. The molecule has 0 saturated heterocycles. The molecule has 0 bridgehead atoms. The minimum Gasteiger partial charge on any atom is -0.383 e. The first-order valence-electron chi connectivity index (χ1n) is 6.26. The van der Waals surface area contributed by atoms with E-state index in [1.54, 1.807) is 0 Å². The van der Waals surface area contributed by atoms with Gasteiger partial charge in [0.05, 0.1) is 10.7 Å². The van der Waals surface area contributed by atoms with Gasteiger partial charge < -0.3 is 10.6 Å². The molecule has 1 aromatic rings. The summed E-state index contributed by atoms with van der Waals surface area (Å²) in [5, 5.41) is 16.1. The van der Waals surface area contributed by atoms with E-state index in [-0.39, 0.29) is 35.0 Å². The van der Waals surface area contributed by atoms with E-state index in [0.29, 0.717) is 0 Å². The fraction of sp³-hybridized carbons (Fsp3) is 0.417. The molecular formula is C12H17N3O5S. The normalized spacial score (nSPS) is 11.0. The quantitative estimate of drug-likeness (QED) is 0.567. The molecule has 0 aromatic heterocycles. The van der Waals surface area contributed by atoms with Crippen molar-refractivity contribution in [2.24, 2.45) is 0 Å². The van der Waals surface area contributed by atoms with Crippen LogP contribution in [0.25, 0.3) is 0 Å². The van der Waals surface area contributed by atoms with Crippen molar-refractivity contribution in [2.75, 3.05) is 30.4 Å². The van der Waals surface area contributed by atoms with Gasteiger partial charge in [0.1, 0.15) is 11.3 Å². The standard InChI is InChI=1S/C12H17N3O5S/c1-3-21(19,20)8-7-14-12(16)9-5-4-6-10(13-2)11(9)15(17)18/h4-6,13H,3,7-8H2,1-2H3,(H,14,16). The lowest BCUT2D eigenvalue weighted by Crippen LogP contribution is -2.30. The molecule has 8 nitrogen and oxygen atoms in total. The molecule has 21 heavy (non-hydrogen) atoms. The van der Waals surface area contributed by atoms with Crippen molar-refractivity contribution in [1.82, 2.24) is 5.32 Å². The van der Waals surface area contributed by atoms with Gasteiger partial charge in [-0.3, -0.25) is 14.9 Å². The Kier molecular flexibility index (Phi) is 5.65. The van der Waals surface area contributed by atoms with Crippen LogP contribution in [-0.4, -0.2) is 44.3 Å². The monoisotopic (exact) mass is 315 g/mol. The summed E-state index contributed by atoms with van der Waals surface area (Å²) in [6, 6.07) is 4.32. The second-order valence-corrected chi connectivity index (χ2v) is 6.67. The third kappa shape index (κ3) is 4.42. The SMILES string of the molecule is CCS(=O)(=O)CCNC(=O)c1cccc(NC)c1[N+](=O)[O-]. The van der Waals surface area contributed by atoms with Gasteiger partial charge in [0.25, 0.3) is 5.91 Å². The van der Waals surface area contributed by atoms with Crippen LogP contribution in [0.4, 0.5) is 11.4 Å². The van der Waals surface area contributed by atoms with Gasteiger partial charge in [-0.05, 0) is 12.1 Å². The molecule has 0 aliphatic carbocycles. The van der Waals surface area contributed by atoms with Crippen LogP contribution in [0.3, 0.4) is 0 Å². The number of hydrogen-bond acceptors (Lipinski definition) is 6. The number of amides is 1. The van der Waals surface area contributed by atoms with E-state index in [9.17, 15) is 23.3 Å². The second kappa shape index (κ2) is 7.02. The van der Waals surface area contributed by atoms with Crippen LogP contribution in [0.1, 0.15) is 17.3 Å². The molecule has 0 saturated carbocycles. The summed E-state index contributed by atoms with van der Waals surface area (Å²) in [5.74, 6) is -0.891. The second-order valence-electron chi connectivity index (χ2n) is 4.20. The Hall–Kier alpha value is -2.16. The molecule has 116 valence electrons. The number of nitrogens with one attached hydrogen (secondary N) is 2. The third-order valence-electron chi connectivity index (χ3n) is 2.87. The minimum atomic E-state index is -3.20. The average molecular weight is 315 g/mol. The molecule has 9 heteroatoms. The first kappa shape index (κ1) is 16.9. The number of carbonyl (C=O) groups excluding carboxylic acids is 1. The highest BCUT2D eigenvalue weighted by Crippen LogP contribution is 2.27. The van der Waals surface area contributed by atoms with Crippen molar-refractivity contribution in [3.8, 4) is 0 Å². The number of anilines is 1. The molecule has 0 aliphatic heterocycles. The van der Waals surface area contributed by atoms with E-state index < -0.39 is 20.7 Å². The molecule has 1 rings (SSSR count). The van der Waals surface area contributed by atoms with Gasteiger partial charge in [-0.2, -0.15) is 0 Å². The first-order valence-corrected chi connectivity index (χ1v) is 8.08. The van der Waals surface area contributed by atoms with Crippen molar-refractivity contribution in [2.45, 2.75) is 6.92 Å². The zero-order valence-corrected chi connectivity index (χ0v) is 12.6. The molecule has 0 spiro atoms. The smallest absolute Gasteiger partial charge is 0.305 e. The molecule has 0 aliphatic rings. The Bertz CT molecular complexity index is 642. The van der Waals surface area contributed by atoms with Crippen molar-refractivity contribution < 1.29 is 18.1 Å². The van der Waals surface area contributed by atoms with Gasteiger partial charge >= 0.3 is 5.69 Å². The molecule has 0 unspecified atom stereocenters. The Morgan fingerprint density at radius 3 is 2.57 bits per heavy atom. The maximum atomic E-state index is 12.0. The number of carbonyl (C=O) groups is 1. The van der Waals surface area contributed by atoms with Crippen LogP contribution in [0.2, 0.25) is 0 Å². The minimum absolute atomic E-state index is 0.0156. The number of hydrogen-bond donors (Lipinski definition) is 2. The van der Waals surface area contributed by atoms with Crippen LogP contribution in [0.15, 0.2) is 18.2 Å². The highest BCUT2D eigenvalue weighted by atomic mass is 32.2. The lowest BCUT2D eigenvalue weighted by Gasteiger charge is -2.08. The molecule has 2 N–H and O–H groups in total. The molecule has 0 fully saturated rings. The Labute approximate surface area is 122 Å². The molecule has 0 heterocycles. The summed E-state index contributed by atoms with van der Waals surface area (Å²) in [4.78, 5) is 22.4. The van der Waals surface area contributed by atoms with Gasteiger partial charge in [0, 0.05) is 19.3 Å². The van der Waals surface area contributed by atoms with E-state index in [1.807, 2.05) is 0 Å². The molecule has 1 aromatic carbocycles. The van der Waals surface area contributed by atoms with Crippen LogP contribution in [0, 0.1) is 10.1 Å². The van der Waals surface area contributed by atoms with Crippen LogP contribution in [0.5, 0.6) is 0 Å². The Morgan fingerprint density at radius 1 is 1.38 bits per heavy atom. The van der Waals surface area contributed by atoms with Gasteiger partial charge in [0.2, 0.25) is 0 Å². The first-order chi connectivity index (χ1) is 9.82. The lowest BCUT2D eigenvalue weighted by atomic mass is 10.1. The van der Waals surface area contributed by atoms with Crippen molar-refractivity contribution in [1.29, 1.82) is 0 Å². The number of rotatable bonds is 7. The van der Waals surface area contributed by atoms with Crippen molar-refractivity contribution in [3.63, 3.8) is 0 Å². The molecule has 0 atom stereocenters. The van der Waals surface area contributed by atoms with Crippen molar-refractivity contribution >= 4 is 27.1 Å². The van der Waals surface area contributed by atoms with E-state index in [2.05, 4.69) is 10.6 Å². The zero-order valence-electron chi connectivity index (χ0n) is 11.8. The summed E-state index contributed by atoms with van der Waals surface area (Å²) in [6.45, 7) is 1.42. The summed E-state index contributed by atoms with van der Waals surface area (Å²) in [5.41, 5.74) is -0.231. The maximum Gasteiger partial charge on any atom is 0.305 e. The predicted octanol–water partition coefficient (Wildman–Crippen LogP) is 0.801. The van der Waals surface area contributed by atoms with Crippen LogP contribution >= 0.6 is 0 Å². The zero-order chi connectivity index (χ0) is 16.0. The lowest BCUT2D eigenvalue weighted by molar-refractivity contribution is -0.384. The van der Waals surface area contributed by atoms with E-state index in [1.165, 1.54) is 32.2 Å². The number of nitrogens with zero attached hydrogens (tertiary/aromatic N) is 1. The molecular weight excluding hydrogens is 298 g/mol. The van der Waals surface area contributed by atoms with Gasteiger partial charge in [0.15, 0.2) is 9.84 Å². The van der Waals surface area contributed by atoms with Crippen LogP contribution in [-0.2, 0) is 9.84 Å². The summed E-state index contributed by atoms with van der Waals surface area (Å²) < 4.78 is 22.6. The largest absolute Gasteiger partial charge is 0.383 e. The average Bonchev–Trinajstić information content (AvgIpc) is 2.45. The fourth-order valence-electron chi connectivity index (χ4n) is 1.68. The van der Waals surface area contributed by atoms with Gasteiger partial charge in [-0.1, -0.05) is 13.0 Å². The number of nitro groups is 1. The summed E-state index contributed by atoms with van der Waals surface area (Å²) >= 11 is 0. The Morgan fingerprint density at radius 2 is 2.05 bits per heavy atom. The number of nitro benzene ring substituents is 1. The Balaban J connectivity index is 2.91. The molecule has 1 amide bonds. The number of para-hydroxylation sites is 1. The molecule has 0 radical (unpaired) electrons. The highest BCUT2D eigenvalue weighted by molar-refractivity contribution is 7.91. The summed E-state index contributed by atoms with van der Waals surface area (Å²) in [7, 11) is -1.69. The maximum absolute atomic E-state index is 12.0. The van der Waals surface area contributed by atoms with Gasteiger partial charge in [-0.15, -0.1) is 0 Å². The van der Waals surface area contributed by atoms with Crippen molar-refractivity contribution in [3.05, 3.63) is 33.9 Å². The van der Waals surface area contributed by atoms with E-state index in [0.717, 1.165) is 0 Å².